The van der Waals surface area contributed by atoms with Crippen LogP contribution in [0.15, 0.2) is 24.3 Å². The zero-order valence-corrected chi connectivity index (χ0v) is 11.8. The monoisotopic (exact) mass is 282 g/mol. The number of hydrogen-bond acceptors (Lipinski definition) is 5. The van der Waals surface area contributed by atoms with E-state index >= 15 is 0 Å². The van der Waals surface area contributed by atoms with Crippen molar-refractivity contribution in [2.45, 2.75) is 25.4 Å². The van der Waals surface area contributed by atoms with Gasteiger partial charge in [0.05, 0.1) is 31.4 Å². The predicted molar refractivity (Wildman–Crippen MR) is 76.4 cm³/mol. The quantitative estimate of drug-likeness (QED) is 0.469. The summed E-state index contributed by atoms with van der Waals surface area (Å²) in [6.07, 6.45) is 0. The number of aryl methyl sites for hydroxylation is 1. The molecule has 0 aliphatic rings. The SMILES string of the molecule is Cc1ccc(NC(=O)C(C)NC(CO)(CO)CO)cc1. The predicted octanol–water partition coefficient (Wildman–Crippen LogP) is -0.373. The van der Waals surface area contributed by atoms with E-state index in [4.69, 9.17) is 0 Å². The van der Waals surface area contributed by atoms with E-state index in [1.807, 2.05) is 19.1 Å². The Morgan fingerprint density at radius 2 is 1.65 bits per heavy atom. The molecule has 0 radical (unpaired) electrons. The topological polar surface area (TPSA) is 102 Å². The van der Waals surface area contributed by atoms with Gasteiger partial charge in [-0.25, -0.2) is 0 Å². The number of aliphatic hydroxyl groups excluding tert-OH is 3. The molecule has 6 nitrogen and oxygen atoms in total. The molecule has 0 aliphatic carbocycles. The fourth-order valence-electron chi connectivity index (χ4n) is 1.70. The summed E-state index contributed by atoms with van der Waals surface area (Å²) in [6, 6.07) is 6.66. The molecule has 1 unspecified atom stereocenters. The first-order valence-corrected chi connectivity index (χ1v) is 6.44. The maximum atomic E-state index is 12.0. The van der Waals surface area contributed by atoms with Crippen molar-refractivity contribution in [2.24, 2.45) is 0 Å². The van der Waals surface area contributed by atoms with E-state index in [1.54, 1.807) is 19.1 Å². The second kappa shape index (κ2) is 7.35. The largest absolute Gasteiger partial charge is 0.394 e. The second-order valence-electron chi connectivity index (χ2n) is 4.98. The van der Waals surface area contributed by atoms with E-state index in [1.165, 1.54) is 0 Å². The fourth-order valence-corrected chi connectivity index (χ4v) is 1.70. The smallest absolute Gasteiger partial charge is 0.241 e. The van der Waals surface area contributed by atoms with Gasteiger partial charge in [0.1, 0.15) is 0 Å². The summed E-state index contributed by atoms with van der Waals surface area (Å²) in [7, 11) is 0. The Morgan fingerprint density at radius 3 is 2.10 bits per heavy atom. The third kappa shape index (κ3) is 4.28. The van der Waals surface area contributed by atoms with E-state index < -0.39 is 31.4 Å². The summed E-state index contributed by atoms with van der Waals surface area (Å²) in [6.45, 7) is 2.14. The van der Waals surface area contributed by atoms with Crippen LogP contribution in [0.3, 0.4) is 0 Å². The van der Waals surface area contributed by atoms with Crippen LogP contribution in [0.1, 0.15) is 12.5 Å². The summed E-state index contributed by atoms with van der Waals surface area (Å²) >= 11 is 0. The third-order valence-corrected chi connectivity index (χ3v) is 3.14. The molecule has 0 fully saturated rings. The summed E-state index contributed by atoms with van der Waals surface area (Å²) in [5.74, 6) is -0.312. The molecule has 0 bridgehead atoms. The minimum Gasteiger partial charge on any atom is -0.394 e. The maximum absolute atomic E-state index is 12.0. The molecule has 1 aromatic carbocycles. The minimum absolute atomic E-state index is 0.312. The lowest BCUT2D eigenvalue weighted by Gasteiger charge is -2.31. The van der Waals surface area contributed by atoms with Crippen molar-refractivity contribution in [3.05, 3.63) is 29.8 Å². The van der Waals surface area contributed by atoms with Crippen LogP contribution in [-0.4, -0.2) is 52.6 Å². The van der Waals surface area contributed by atoms with Gasteiger partial charge in [-0.1, -0.05) is 17.7 Å². The van der Waals surface area contributed by atoms with Gasteiger partial charge in [0.15, 0.2) is 0 Å². The number of carbonyl (C=O) groups is 1. The number of benzene rings is 1. The Labute approximate surface area is 118 Å². The molecule has 1 amide bonds. The maximum Gasteiger partial charge on any atom is 0.241 e. The van der Waals surface area contributed by atoms with Crippen LogP contribution in [0.25, 0.3) is 0 Å². The number of aliphatic hydroxyl groups is 3. The Balaban J connectivity index is 2.65. The Hall–Kier alpha value is -1.47. The van der Waals surface area contributed by atoms with Crippen molar-refractivity contribution in [2.75, 3.05) is 25.1 Å². The standard InChI is InChI=1S/C14H22N2O4/c1-10-3-5-12(6-4-10)15-13(20)11(2)16-14(7-17,8-18)9-19/h3-6,11,16-19H,7-9H2,1-2H3,(H,15,20). The van der Waals surface area contributed by atoms with Crippen LogP contribution in [0.5, 0.6) is 0 Å². The van der Waals surface area contributed by atoms with E-state index in [0.29, 0.717) is 5.69 Å². The summed E-state index contributed by atoms with van der Waals surface area (Å²) in [5, 5.41) is 33.1. The molecular weight excluding hydrogens is 260 g/mol. The van der Waals surface area contributed by atoms with E-state index in [-0.39, 0.29) is 5.91 Å². The summed E-state index contributed by atoms with van der Waals surface area (Å²) in [4.78, 5) is 12.0. The van der Waals surface area contributed by atoms with Gasteiger partial charge in [-0.3, -0.25) is 10.1 Å². The zero-order chi connectivity index (χ0) is 15.2. The van der Waals surface area contributed by atoms with Gasteiger partial charge in [0.2, 0.25) is 5.91 Å². The average molecular weight is 282 g/mol. The number of hydrogen-bond donors (Lipinski definition) is 5. The molecule has 1 aromatic rings. The lowest BCUT2D eigenvalue weighted by molar-refractivity contribution is -0.118. The van der Waals surface area contributed by atoms with E-state index in [0.717, 1.165) is 5.56 Å². The molecule has 0 aliphatic heterocycles. The average Bonchev–Trinajstić information content (AvgIpc) is 2.47. The molecule has 5 N–H and O–H groups in total. The molecule has 20 heavy (non-hydrogen) atoms. The zero-order valence-electron chi connectivity index (χ0n) is 11.8. The van der Waals surface area contributed by atoms with Gasteiger partial charge in [-0.2, -0.15) is 0 Å². The third-order valence-electron chi connectivity index (χ3n) is 3.14. The molecular formula is C14H22N2O4. The fraction of sp³-hybridized carbons (Fsp3) is 0.500. The van der Waals surface area contributed by atoms with Crippen molar-refractivity contribution in [1.29, 1.82) is 0 Å². The number of carbonyl (C=O) groups excluding carboxylic acids is 1. The van der Waals surface area contributed by atoms with Crippen molar-refractivity contribution >= 4 is 11.6 Å². The molecule has 0 aromatic heterocycles. The normalized spacial score (nSPS) is 13.1. The molecule has 0 heterocycles. The molecule has 112 valence electrons. The number of amides is 1. The highest BCUT2D eigenvalue weighted by atomic mass is 16.3. The van der Waals surface area contributed by atoms with Crippen LogP contribution in [0.2, 0.25) is 0 Å². The van der Waals surface area contributed by atoms with Gasteiger partial charge in [-0.05, 0) is 26.0 Å². The lowest BCUT2D eigenvalue weighted by atomic mass is 10.0. The molecule has 0 saturated heterocycles. The van der Waals surface area contributed by atoms with Crippen molar-refractivity contribution in [3.63, 3.8) is 0 Å². The summed E-state index contributed by atoms with van der Waals surface area (Å²) < 4.78 is 0. The van der Waals surface area contributed by atoms with E-state index in [9.17, 15) is 20.1 Å². The second-order valence-corrected chi connectivity index (χ2v) is 4.98. The van der Waals surface area contributed by atoms with Gasteiger partial charge >= 0.3 is 0 Å². The van der Waals surface area contributed by atoms with Crippen LogP contribution in [0.4, 0.5) is 5.69 Å². The van der Waals surface area contributed by atoms with Gasteiger partial charge in [0, 0.05) is 5.69 Å². The van der Waals surface area contributed by atoms with Crippen LogP contribution in [-0.2, 0) is 4.79 Å². The summed E-state index contributed by atoms with van der Waals surface area (Å²) in [5.41, 5.74) is 0.482. The van der Waals surface area contributed by atoms with Crippen LogP contribution >= 0.6 is 0 Å². The van der Waals surface area contributed by atoms with Crippen LogP contribution in [0, 0.1) is 6.92 Å². The minimum atomic E-state index is -1.27. The number of nitrogens with one attached hydrogen (secondary N) is 2. The number of rotatable bonds is 7. The highest BCUT2D eigenvalue weighted by molar-refractivity contribution is 5.94. The number of anilines is 1. The Morgan fingerprint density at radius 1 is 1.15 bits per heavy atom. The van der Waals surface area contributed by atoms with Gasteiger partial charge in [0.25, 0.3) is 0 Å². The molecule has 6 heteroatoms. The Kier molecular flexibility index (Phi) is 6.09. The first-order valence-electron chi connectivity index (χ1n) is 6.44. The first-order chi connectivity index (χ1) is 9.46. The highest BCUT2D eigenvalue weighted by Crippen LogP contribution is 2.10. The van der Waals surface area contributed by atoms with Crippen molar-refractivity contribution < 1.29 is 20.1 Å². The van der Waals surface area contributed by atoms with Gasteiger partial charge < -0.3 is 20.6 Å². The van der Waals surface area contributed by atoms with Crippen molar-refractivity contribution in [1.82, 2.24) is 5.32 Å². The molecule has 0 spiro atoms. The molecule has 1 atom stereocenters. The Bertz CT molecular complexity index is 421. The van der Waals surface area contributed by atoms with Crippen LogP contribution < -0.4 is 10.6 Å². The lowest BCUT2D eigenvalue weighted by Crippen LogP contribution is -2.60. The van der Waals surface area contributed by atoms with Gasteiger partial charge in [-0.15, -0.1) is 0 Å². The first kappa shape index (κ1) is 16.6. The van der Waals surface area contributed by atoms with E-state index in [2.05, 4.69) is 10.6 Å². The molecule has 1 rings (SSSR count). The van der Waals surface area contributed by atoms with Crippen molar-refractivity contribution in [3.8, 4) is 0 Å². The highest BCUT2D eigenvalue weighted by Gasteiger charge is 2.31. The molecule has 0 saturated carbocycles.